The van der Waals surface area contributed by atoms with Gasteiger partial charge in [-0.15, -0.1) is 0 Å². The number of carbonyl (C=O) groups excluding carboxylic acids is 1. The van der Waals surface area contributed by atoms with E-state index in [1.54, 1.807) is 28.3 Å². The van der Waals surface area contributed by atoms with Gasteiger partial charge in [-0.1, -0.05) is 17.7 Å². The summed E-state index contributed by atoms with van der Waals surface area (Å²) in [6.07, 6.45) is -0.379. The summed E-state index contributed by atoms with van der Waals surface area (Å²) in [5.74, 6) is 0.292. The number of piperazine rings is 1. The van der Waals surface area contributed by atoms with Crippen molar-refractivity contribution >= 4 is 23.4 Å². The predicted octanol–water partition coefficient (Wildman–Crippen LogP) is 3.18. The molecule has 3 heterocycles. The summed E-state index contributed by atoms with van der Waals surface area (Å²) >= 11 is 5.98. The fourth-order valence-electron chi connectivity index (χ4n) is 2.73. The number of nitrogens with zero attached hydrogens (tertiary/aromatic N) is 4. The first-order chi connectivity index (χ1) is 12.8. The molecule has 0 aromatic carbocycles. The summed E-state index contributed by atoms with van der Waals surface area (Å²) in [5, 5.41) is 2.76. The average Bonchev–Trinajstić information content (AvgIpc) is 2.66. The SMILES string of the molecule is O=C(NCc1cccnc1)N1CCN(c2ncc(C(F)(F)F)cc2Cl)CC1. The van der Waals surface area contributed by atoms with Crippen molar-refractivity contribution in [1.29, 1.82) is 0 Å². The Kier molecular flexibility index (Phi) is 5.69. The molecule has 6 nitrogen and oxygen atoms in total. The number of amides is 2. The minimum Gasteiger partial charge on any atom is -0.352 e. The Morgan fingerprint density at radius 2 is 1.96 bits per heavy atom. The van der Waals surface area contributed by atoms with Gasteiger partial charge < -0.3 is 15.1 Å². The van der Waals surface area contributed by atoms with Gasteiger partial charge in [0.2, 0.25) is 0 Å². The second-order valence-electron chi connectivity index (χ2n) is 6.02. The molecule has 1 fully saturated rings. The highest BCUT2D eigenvalue weighted by Gasteiger charge is 2.32. The van der Waals surface area contributed by atoms with Gasteiger partial charge in [-0.05, 0) is 17.7 Å². The molecule has 0 atom stereocenters. The quantitative estimate of drug-likeness (QED) is 0.861. The number of halogens is 4. The zero-order valence-electron chi connectivity index (χ0n) is 14.2. The van der Waals surface area contributed by atoms with E-state index < -0.39 is 11.7 Å². The van der Waals surface area contributed by atoms with Crippen molar-refractivity contribution in [2.24, 2.45) is 0 Å². The molecule has 144 valence electrons. The molecule has 0 unspecified atom stereocenters. The maximum Gasteiger partial charge on any atom is 0.417 e. The van der Waals surface area contributed by atoms with Crippen molar-refractivity contribution in [3.05, 3.63) is 52.9 Å². The molecular formula is C17H17ClF3N5O. The van der Waals surface area contributed by atoms with Crippen molar-refractivity contribution in [3.8, 4) is 0 Å². The maximum atomic E-state index is 12.7. The highest BCUT2D eigenvalue weighted by Crippen LogP contribution is 2.33. The van der Waals surface area contributed by atoms with Crippen LogP contribution in [-0.4, -0.2) is 47.1 Å². The number of urea groups is 1. The summed E-state index contributed by atoms with van der Waals surface area (Å²) in [6, 6.07) is 4.33. The lowest BCUT2D eigenvalue weighted by Gasteiger charge is -2.35. The molecule has 0 saturated carbocycles. The second-order valence-corrected chi connectivity index (χ2v) is 6.43. The molecule has 0 radical (unpaired) electrons. The second kappa shape index (κ2) is 7.99. The van der Waals surface area contributed by atoms with E-state index in [0.29, 0.717) is 38.5 Å². The molecule has 1 saturated heterocycles. The lowest BCUT2D eigenvalue weighted by atomic mass is 10.2. The summed E-state index contributed by atoms with van der Waals surface area (Å²) in [7, 11) is 0. The monoisotopic (exact) mass is 399 g/mol. The number of hydrogen-bond acceptors (Lipinski definition) is 4. The van der Waals surface area contributed by atoms with Crippen molar-refractivity contribution in [1.82, 2.24) is 20.2 Å². The lowest BCUT2D eigenvalue weighted by Crippen LogP contribution is -2.52. The highest BCUT2D eigenvalue weighted by atomic mass is 35.5. The zero-order chi connectivity index (χ0) is 19.4. The number of pyridine rings is 2. The van der Waals surface area contributed by atoms with Crippen LogP contribution >= 0.6 is 11.6 Å². The molecule has 2 aromatic rings. The molecular weight excluding hydrogens is 383 g/mol. The number of hydrogen-bond donors (Lipinski definition) is 1. The smallest absolute Gasteiger partial charge is 0.352 e. The first-order valence-corrected chi connectivity index (χ1v) is 8.62. The number of carbonyl (C=O) groups is 1. The van der Waals surface area contributed by atoms with Gasteiger partial charge in [0.15, 0.2) is 0 Å². The third-order valence-corrected chi connectivity index (χ3v) is 4.46. The molecule has 1 aliphatic rings. The Morgan fingerprint density at radius 3 is 2.56 bits per heavy atom. The fourth-order valence-corrected chi connectivity index (χ4v) is 3.02. The molecule has 0 bridgehead atoms. The Balaban J connectivity index is 1.55. The topological polar surface area (TPSA) is 61.4 Å². The van der Waals surface area contributed by atoms with E-state index in [2.05, 4.69) is 15.3 Å². The molecule has 2 amide bonds. The van der Waals surface area contributed by atoms with Gasteiger partial charge in [0.1, 0.15) is 5.82 Å². The molecule has 10 heteroatoms. The van der Waals surface area contributed by atoms with Crippen molar-refractivity contribution in [3.63, 3.8) is 0 Å². The van der Waals surface area contributed by atoms with Crippen LogP contribution < -0.4 is 10.2 Å². The van der Waals surface area contributed by atoms with Gasteiger partial charge in [0, 0.05) is 51.3 Å². The van der Waals surface area contributed by atoms with Gasteiger partial charge in [-0.3, -0.25) is 4.98 Å². The third-order valence-electron chi connectivity index (χ3n) is 4.18. The minimum atomic E-state index is -4.49. The molecule has 3 rings (SSSR count). The highest BCUT2D eigenvalue weighted by molar-refractivity contribution is 6.33. The first kappa shape index (κ1) is 19.2. The molecule has 1 aliphatic heterocycles. The van der Waals surface area contributed by atoms with E-state index in [1.165, 1.54) is 0 Å². The average molecular weight is 400 g/mol. The molecule has 2 aromatic heterocycles. The van der Waals surface area contributed by atoms with E-state index in [-0.39, 0.29) is 11.1 Å². The summed E-state index contributed by atoms with van der Waals surface area (Å²) in [6.45, 7) is 2.06. The minimum absolute atomic E-state index is 0.0562. The van der Waals surface area contributed by atoms with Gasteiger partial charge in [0.05, 0.1) is 10.6 Å². The Bertz CT molecular complexity index is 795. The van der Waals surface area contributed by atoms with Crippen LogP contribution in [0, 0.1) is 0 Å². The van der Waals surface area contributed by atoms with E-state index in [9.17, 15) is 18.0 Å². The van der Waals surface area contributed by atoms with Gasteiger partial charge in [0.25, 0.3) is 0 Å². The van der Waals surface area contributed by atoms with E-state index in [1.807, 2.05) is 6.07 Å². The Morgan fingerprint density at radius 1 is 1.22 bits per heavy atom. The van der Waals surface area contributed by atoms with Crippen LogP contribution in [0.2, 0.25) is 5.02 Å². The molecule has 27 heavy (non-hydrogen) atoms. The van der Waals surface area contributed by atoms with Crippen molar-refractivity contribution in [2.45, 2.75) is 12.7 Å². The number of nitrogens with one attached hydrogen (secondary N) is 1. The summed E-state index contributed by atoms with van der Waals surface area (Å²) in [5.41, 5.74) is 0.00916. The fraction of sp³-hybridized carbons (Fsp3) is 0.353. The summed E-state index contributed by atoms with van der Waals surface area (Å²) in [4.78, 5) is 23.5. The van der Waals surface area contributed by atoms with Crippen LogP contribution in [-0.2, 0) is 12.7 Å². The van der Waals surface area contributed by atoms with Gasteiger partial charge in [-0.2, -0.15) is 13.2 Å². The van der Waals surface area contributed by atoms with E-state index in [0.717, 1.165) is 17.8 Å². The number of rotatable bonds is 3. The number of anilines is 1. The van der Waals surface area contributed by atoms with Gasteiger partial charge >= 0.3 is 12.2 Å². The predicted molar refractivity (Wildman–Crippen MR) is 94.5 cm³/mol. The van der Waals surface area contributed by atoms with Crippen molar-refractivity contribution in [2.75, 3.05) is 31.1 Å². The Labute approximate surface area is 159 Å². The van der Waals surface area contributed by atoms with Crippen molar-refractivity contribution < 1.29 is 18.0 Å². The van der Waals surface area contributed by atoms with Crippen LogP contribution in [0.25, 0.3) is 0 Å². The van der Waals surface area contributed by atoms with Crippen LogP contribution in [0.4, 0.5) is 23.8 Å². The lowest BCUT2D eigenvalue weighted by molar-refractivity contribution is -0.137. The zero-order valence-corrected chi connectivity index (χ0v) is 15.0. The number of alkyl halides is 3. The van der Waals surface area contributed by atoms with Crippen LogP contribution in [0.5, 0.6) is 0 Å². The largest absolute Gasteiger partial charge is 0.417 e. The Hall–Kier alpha value is -2.55. The molecule has 0 aliphatic carbocycles. The van der Waals surface area contributed by atoms with Crippen LogP contribution in [0.3, 0.4) is 0 Å². The third kappa shape index (κ3) is 4.79. The van der Waals surface area contributed by atoms with Gasteiger partial charge in [-0.25, -0.2) is 9.78 Å². The molecule has 1 N–H and O–H groups in total. The van der Waals surface area contributed by atoms with Crippen LogP contribution in [0.15, 0.2) is 36.8 Å². The van der Waals surface area contributed by atoms with E-state index >= 15 is 0 Å². The molecule has 0 spiro atoms. The normalized spacial score (nSPS) is 15.0. The van der Waals surface area contributed by atoms with E-state index in [4.69, 9.17) is 11.6 Å². The van der Waals surface area contributed by atoms with Crippen LogP contribution in [0.1, 0.15) is 11.1 Å². The standard InChI is InChI=1S/C17H17ClF3N5O/c18-14-8-13(17(19,20)21)11-23-15(14)25-4-6-26(7-5-25)16(27)24-10-12-2-1-3-22-9-12/h1-3,8-9,11H,4-7,10H2,(H,24,27). The summed E-state index contributed by atoms with van der Waals surface area (Å²) < 4.78 is 38.1. The maximum absolute atomic E-state index is 12.7. The number of aromatic nitrogens is 2. The first-order valence-electron chi connectivity index (χ1n) is 8.24.